The molecule has 2 aliphatic heterocycles. The Bertz CT molecular complexity index is 352. The fourth-order valence-electron chi connectivity index (χ4n) is 2.46. The summed E-state index contributed by atoms with van der Waals surface area (Å²) in [6, 6.07) is 0. The van der Waals surface area contributed by atoms with Crippen molar-refractivity contribution in [3.8, 4) is 0 Å². The lowest BCUT2D eigenvalue weighted by Gasteiger charge is -2.05. The molecule has 1 aromatic rings. The van der Waals surface area contributed by atoms with Crippen LogP contribution in [0.2, 0.25) is 5.15 Å². The summed E-state index contributed by atoms with van der Waals surface area (Å²) in [7, 11) is 0. The standard InChI is InChI=1S/C10H14ClN3/c11-10-9(7-3-4-12-6-7)13-8-2-1-5-14(8)10/h7,12H,1-6H2. The molecule has 0 aromatic carbocycles. The molecular formula is C10H14ClN3. The summed E-state index contributed by atoms with van der Waals surface area (Å²) >= 11 is 6.32. The Kier molecular flexibility index (Phi) is 2.03. The molecule has 3 rings (SSSR count). The number of nitrogens with zero attached hydrogens (tertiary/aromatic N) is 2. The van der Waals surface area contributed by atoms with Gasteiger partial charge in [0.15, 0.2) is 0 Å². The summed E-state index contributed by atoms with van der Waals surface area (Å²) in [5.41, 5.74) is 1.13. The lowest BCUT2D eigenvalue weighted by atomic mass is 10.1. The SMILES string of the molecule is Clc1c(C2CCNC2)nc2n1CCC2. The molecule has 0 bridgehead atoms. The van der Waals surface area contributed by atoms with E-state index in [9.17, 15) is 0 Å². The molecule has 1 atom stereocenters. The first-order chi connectivity index (χ1) is 6.86. The number of hydrogen-bond donors (Lipinski definition) is 1. The van der Waals surface area contributed by atoms with Gasteiger partial charge in [-0.15, -0.1) is 0 Å². The van der Waals surface area contributed by atoms with Crippen molar-refractivity contribution in [1.82, 2.24) is 14.9 Å². The second-order valence-corrected chi connectivity index (χ2v) is 4.51. The van der Waals surface area contributed by atoms with Crippen LogP contribution in [-0.2, 0) is 13.0 Å². The van der Waals surface area contributed by atoms with E-state index in [2.05, 4.69) is 14.9 Å². The van der Waals surface area contributed by atoms with Crippen LogP contribution in [0.5, 0.6) is 0 Å². The van der Waals surface area contributed by atoms with Crippen LogP contribution in [0.3, 0.4) is 0 Å². The van der Waals surface area contributed by atoms with E-state index in [1.54, 1.807) is 0 Å². The Morgan fingerprint density at radius 3 is 3.14 bits per heavy atom. The highest BCUT2D eigenvalue weighted by atomic mass is 35.5. The average molecular weight is 212 g/mol. The minimum Gasteiger partial charge on any atom is -0.319 e. The molecule has 1 aromatic heterocycles. The zero-order valence-corrected chi connectivity index (χ0v) is 8.85. The molecule has 3 heterocycles. The van der Waals surface area contributed by atoms with Gasteiger partial charge in [-0.25, -0.2) is 4.98 Å². The number of imidazole rings is 1. The maximum absolute atomic E-state index is 6.32. The summed E-state index contributed by atoms with van der Waals surface area (Å²) in [5.74, 6) is 1.73. The van der Waals surface area contributed by atoms with Gasteiger partial charge in [0.2, 0.25) is 0 Å². The average Bonchev–Trinajstić information content (AvgIpc) is 2.84. The number of nitrogens with one attached hydrogen (secondary N) is 1. The predicted molar refractivity (Wildman–Crippen MR) is 55.8 cm³/mol. The Morgan fingerprint density at radius 1 is 1.50 bits per heavy atom. The van der Waals surface area contributed by atoms with Crippen molar-refractivity contribution in [2.24, 2.45) is 0 Å². The fourth-order valence-corrected chi connectivity index (χ4v) is 2.84. The molecule has 0 amide bonds. The van der Waals surface area contributed by atoms with Crippen LogP contribution in [0.4, 0.5) is 0 Å². The summed E-state index contributed by atoms with van der Waals surface area (Å²) in [6.07, 6.45) is 3.47. The Hall–Kier alpha value is -0.540. The van der Waals surface area contributed by atoms with E-state index < -0.39 is 0 Å². The van der Waals surface area contributed by atoms with Crippen LogP contribution in [0.15, 0.2) is 0 Å². The molecule has 1 unspecified atom stereocenters. The van der Waals surface area contributed by atoms with Crippen LogP contribution in [0, 0.1) is 0 Å². The van der Waals surface area contributed by atoms with Gasteiger partial charge in [0.25, 0.3) is 0 Å². The zero-order chi connectivity index (χ0) is 9.54. The van der Waals surface area contributed by atoms with Crippen molar-refractivity contribution < 1.29 is 0 Å². The molecule has 3 nitrogen and oxygen atoms in total. The highest BCUT2D eigenvalue weighted by Gasteiger charge is 2.26. The minimum absolute atomic E-state index is 0.542. The maximum Gasteiger partial charge on any atom is 0.132 e. The van der Waals surface area contributed by atoms with Gasteiger partial charge < -0.3 is 9.88 Å². The van der Waals surface area contributed by atoms with Gasteiger partial charge in [-0.3, -0.25) is 0 Å². The molecule has 14 heavy (non-hydrogen) atoms. The largest absolute Gasteiger partial charge is 0.319 e. The molecule has 0 saturated carbocycles. The molecule has 76 valence electrons. The molecule has 0 radical (unpaired) electrons. The lowest BCUT2D eigenvalue weighted by Crippen LogP contribution is -2.08. The topological polar surface area (TPSA) is 29.9 Å². The third-order valence-corrected chi connectivity index (χ3v) is 3.64. The highest BCUT2D eigenvalue weighted by molar-refractivity contribution is 6.30. The van der Waals surface area contributed by atoms with Gasteiger partial charge in [-0.05, 0) is 19.4 Å². The summed E-state index contributed by atoms with van der Waals surface area (Å²) in [6.45, 7) is 3.20. The predicted octanol–water partition coefficient (Wildman–Crippen LogP) is 1.56. The number of aromatic nitrogens is 2. The zero-order valence-electron chi connectivity index (χ0n) is 8.09. The van der Waals surface area contributed by atoms with Crippen LogP contribution in [-0.4, -0.2) is 22.6 Å². The quantitative estimate of drug-likeness (QED) is 0.764. The van der Waals surface area contributed by atoms with Gasteiger partial charge >= 0.3 is 0 Å². The van der Waals surface area contributed by atoms with E-state index in [0.717, 1.165) is 36.9 Å². The first kappa shape index (κ1) is 8.74. The third-order valence-electron chi connectivity index (χ3n) is 3.24. The van der Waals surface area contributed by atoms with Crippen molar-refractivity contribution in [2.75, 3.05) is 13.1 Å². The van der Waals surface area contributed by atoms with E-state index in [1.165, 1.54) is 18.7 Å². The first-order valence-corrected chi connectivity index (χ1v) is 5.69. The van der Waals surface area contributed by atoms with Crippen LogP contribution in [0.25, 0.3) is 0 Å². The third kappa shape index (κ3) is 1.19. The molecule has 1 fully saturated rings. The van der Waals surface area contributed by atoms with E-state index in [-0.39, 0.29) is 0 Å². The number of halogens is 1. The molecule has 2 aliphatic rings. The van der Waals surface area contributed by atoms with Crippen LogP contribution < -0.4 is 5.32 Å². The molecule has 0 aliphatic carbocycles. The molecular weight excluding hydrogens is 198 g/mol. The van der Waals surface area contributed by atoms with Gasteiger partial charge in [0.1, 0.15) is 11.0 Å². The second kappa shape index (κ2) is 3.24. The molecule has 0 spiro atoms. The first-order valence-electron chi connectivity index (χ1n) is 5.32. The van der Waals surface area contributed by atoms with Crippen LogP contribution in [0.1, 0.15) is 30.3 Å². The monoisotopic (exact) mass is 211 g/mol. The maximum atomic E-state index is 6.32. The van der Waals surface area contributed by atoms with Gasteiger partial charge in [0.05, 0.1) is 5.69 Å². The molecule has 1 saturated heterocycles. The van der Waals surface area contributed by atoms with E-state index in [4.69, 9.17) is 11.6 Å². The summed E-state index contributed by atoms with van der Waals surface area (Å²) in [4.78, 5) is 4.66. The van der Waals surface area contributed by atoms with E-state index in [1.807, 2.05) is 0 Å². The van der Waals surface area contributed by atoms with Gasteiger partial charge in [-0.2, -0.15) is 0 Å². The van der Waals surface area contributed by atoms with Crippen molar-refractivity contribution in [3.05, 3.63) is 16.7 Å². The fraction of sp³-hybridized carbons (Fsp3) is 0.700. The lowest BCUT2D eigenvalue weighted by molar-refractivity contribution is 0.715. The van der Waals surface area contributed by atoms with Crippen molar-refractivity contribution in [3.63, 3.8) is 0 Å². The summed E-state index contributed by atoms with van der Waals surface area (Å²) in [5, 5.41) is 4.25. The van der Waals surface area contributed by atoms with Crippen LogP contribution >= 0.6 is 11.6 Å². The van der Waals surface area contributed by atoms with E-state index >= 15 is 0 Å². The Balaban J connectivity index is 1.98. The number of fused-ring (bicyclic) bond motifs is 1. The Morgan fingerprint density at radius 2 is 2.43 bits per heavy atom. The van der Waals surface area contributed by atoms with Crippen molar-refractivity contribution >= 4 is 11.6 Å². The van der Waals surface area contributed by atoms with Crippen molar-refractivity contribution in [2.45, 2.75) is 31.7 Å². The van der Waals surface area contributed by atoms with Gasteiger partial charge in [0, 0.05) is 25.4 Å². The van der Waals surface area contributed by atoms with Crippen molar-refractivity contribution in [1.29, 1.82) is 0 Å². The normalized spacial score (nSPS) is 25.6. The smallest absolute Gasteiger partial charge is 0.132 e. The number of rotatable bonds is 1. The number of hydrogen-bond acceptors (Lipinski definition) is 2. The minimum atomic E-state index is 0.542. The molecule has 1 N–H and O–H groups in total. The Labute approximate surface area is 88.5 Å². The van der Waals surface area contributed by atoms with E-state index in [0.29, 0.717) is 5.92 Å². The van der Waals surface area contributed by atoms with Gasteiger partial charge in [-0.1, -0.05) is 11.6 Å². The number of aryl methyl sites for hydroxylation is 1. The molecule has 4 heteroatoms. The second-order valence-electron chi connectivity index (χ2n) is 4.15. The highest BCUT2D eigenvalue weighted by Crippen LogP contribution is 2.31. The summed E-state index contributed by atoms with van der Waals surface area (Å²) < 4.78 is 2.18.